The van der Waals surface area contributed by atoms with Crippen LogP contribution in [0, 0.1) is 0 Å². The van der Waals surface area contributed by atoms with Gasteiger partial charge in [-0.05, 0) is 25.3 Å². The Hall–Kier alpha value is -1.39. The Balaban J connectivity index is 2.41. The smallest absolute Gasteiger partial charge is 0.220 e. The minimum absolute atomic E-state index is 0.0430. The van der Waals surface area contributed by atoms with Crippen molar-refractivity contribution in [3.8, 4) is 0 Å². The quantitative estimate of drug-likeness (QED) is 0.684. The number of carbonyl (C=O) groups is 1. The van der Waals surface area contributed by atoms with Crippen molar-refractivity contribution < 1.29 is 9.90 Å². The van der Waals surface area contributed by atoms with Crippen molar-refractivity contribution in [2.24, 2.45) is 5.73 Å². The fraction of sp³-hybridized carbons (Fsp3) is 0.500. The summed E-state index contributed by atoms with van der Waals surface area (Å²) < 4.78 is 0. The van der Waals surface area contributed by atoms with Gasteiger partial charge in [0.2, 0.25) is 5.91 Å². The normalized spacial score (nSPS) is 13.9. The molecule has 4 nitrogen and oxygen atoms in total. The van der Waals surface area contributed by atoms with Gasteiger partial charge in [-0.3, -0.25) is 4.79 Å². The first kappa shape index (κ1) is 14.7. The van der Waals surface area contributed by atoms with Crippen molar-refractivity contribution in [3.63, 3.8) is 0 Å². The van der Waals surface area contributed by atoms with E-state index >= 15 is 0 Å². The summed E-state index contributed by atoms with van der Waals surface area (Å²) in [5, 5.41) is 12.1. The number of nitrogens with one attached hydrogen (secondary N) is 1. The number of aliphatic hydroxyl groups is 1. The van der Waals surface area contributed by atoms with Crippen molar-refractivity contribution in [2.75, 3.05) is 6.61 Å². The molecule has 0 heterocycles. The molecule has 18 heavy (non-hydrogen) atoms. The molecule has 0 aliphatic heterocycles. The molecule has 1 aromatic rings. The number of benzene rings is 1. The van der Waals surface area contributed by atoms with Crippen LogP contribution in [-0.4, -0.2) is 23.7 Å². The van der Waals surface area contributed by atoms with Crippen LogP contribution in [0.25, 0.3) is 0 Å². The van der Waals surface area contributed by atoms with Crippen LogP contribution < -0.4 is 11.1 Å². The first-order chi connectivity index (χ1) is 8.63. The third-order valence-corrected chi connectivity index (χ3v) is 2.78. The monoisotopic (exact) mass is 250 g/mol. The number of rotatable bonds is 7. The molecule has 0 aliphatic rings. The number of nitrogens with two attached hydrogens (primary N) is 1. The van der Waals surface area contributed by atoms with Crippen LogP contribution in [0.1, 0.15) is 37.8 Å². The van der Waals surface area contributed by atoms with Gasteiger partial charge in [-0.15, -0.1) is 0 Å². The molecule has 100 valence electrons. The van der Waals surface area contributed by atoms with Gasteiger partial charge in [-0.1, -0.05) is 30.3 Å². The van der Waals surface area contributed by atoms with Gasteiger partial charge in [0.15, 0.2) is 0 Å². The average Bonchev–Trinajstić information content (AvgIpc) is 2.36. The Bertz CT molecular complexity index is 352. The predicted molar refractivity (Wildman–Crippen MR) is 71.9 cm³/mol. The second-order valence-corrected chi connectivity index (χ2v) is 4.58. The number of amides is 1. The molecule has 0 fully saturated rings. The Labute approximate surface area is 108 Å². The molecule has 4 N–H and O–H groups in total. The molecule has 0 spiro atoms. The third-order valence-electron chi connectivity index (χ3n) is 2.78. The second kappa shape index (κ2) is 7.84. The van der Waals surface area contributed by atoms with Gasteiger partial charge in [-0.25, -0.2) is 0 Å². The summed E-state index contributed by atoms with van der Waals surface area (Å²) in [5.74, 6) is -0.0430. The fourth-order valence-electron chi connectivity index (χ4n) is 1.77. The Morgan fingerprint density at radius 3 is 2.61 bits per heavy atom. The van der Waals surface area contributed by atoms with Crippen molar-refractivity contribution in [1.82, 2.24) is 5.32 Å². The number of aliphatic hydroxyl groups excluding tert-OH is 1. The van der Waals surface area contributed by atoms with Crippen LogP contribution in [0.3, 0.4) is 0 Å². The molecule has 0 aromatic heterocycles. The molecule has 2 unspecified atom stereocenters. The first-order valence-electron chi connectivity index (χ1n) is 6.34. The minimum Gasteiger partial charge on any atom is -0.394 e. The van der Waals surface area contributed by atoms with Gasteiger partial charge in [0, 0.05) is 12.5 Å². The highest BCUT2D eigenvalue weighted by molar-refractivity contribution is 5.76. The van der Waals surface area contributed by atoms with Crippen molar-refractivity contribution in [1.29, 1.82) is 0 Å². The van der Waals surface area contributed by atoms with Gasteiger partial charge in [0.05, 0.1) is 12.6 Å². The lowest BCUT2D eigenvalue weighted by molar-refractivity contribution is -0.122. The molecular weight excluding hydrogens is 228 g/mol. The van der Waals surface area contributed by atoms with Crippen LogP contribution in [0.4, 0.5) is 0 Å². The molecule has 0 saturated carbocycles. The van der Waals surface area contributed by atoms with E-state index in [2.05, 4.69) is 5.32 Å². The van der Waals surface area contributed by atoms with Gasteiger partial charge in [-0.2, -0.15) is 0 Å². The Morgan fingerprint density at radius 1 is 1.39 bits per heavy atom. The van der Waals surface area contributed by atoms with Crippen molar-refractivity contribution in [3.05, 3.63) is 35.9 Å². The SMILES string of the molecule is CC(N)CCCC(=O)NC(CO)c1ccccc1. The minimum atomic E-state index is -0.325. The van der Waals surface area contributed by atoms with E-state index in [4.69, 9.17) is 5.73 Å². The molecular formula is C14H22N2O2. The van der Waals surface area contributed by atoms with Crippen LogP contribution in [-0.2, 0) is 4.79 Å². The summed E-state index contributed by atoms with van der Waals surface area (Å²) >= 11 is 0. The van der Waals surface area contributed by atoms with Crippen LogP contribution in [0.2, 0.25) is 0 Å². The zero-order chi connectivity index (χ0) is 13.4. The highest BCUT2D eigenvalue weighted by Gasteiger charge is 2.12. The summed E-state index contributed by atoms with van der Waals surface area (Å²) in [4.78, 5) is 11.7. The third kappa shape index (κ3) is 5.29. The van der Waals surface area contributed by atoms with E-state index in [0.717, 1.165) is 18.4 Å². The maximum atomic E-state index is 11.7. The molecule has 4 heteroatoms. The molecule has 1 amide bonds. The summed E-state index contributed by atoms with van der Waals surface area (Å²) in [6, 6.07) is 9.27. The molecule has 0 saturated heterocycles. The van der Waals surface area contributed by atoms with Crippen LogP contribution in [0.5, 0.6) is 0 Å². The highest BCUT2D eigenvalue weighted by atomic mass is 16.3. The Kier molecular flexibility index (Phi) is 6.39. The van der Waals surface area contributed by atoms with E-state index in [9.17, 15) is 9.90 Å². The fourth-order valence-corrected chi connectivity index (χ4v) is 1.77. The summed E-state index contributed by atoms with van der Waals surface area (Å²) in [7, 11) is 0. The summed E-state index contributed by atoms with van der Waals surface area (Å²) in [6.45, 7) is 1.83. The molecule has 0 bridgehead atoms. The number of hydrogen-bond donors (Lipinski definition) is 3. The Morgan fingerprint density at radius 2 is 2.06 bits per heavy atom. The van der Waals surface area contributed by atoms with Gasteiger partial charge in [0.1, 0.15) is 0 Å². The molecule has 2 atom stereocenters. The number of carbonyl (C=O) groups excluding carboxylic acids is 1. The maximum absolute atomic E-state index is 11.7. The zero-order valence-corrected chi connectivity index (χ0v) is 10.8. The van der Waals surface area contributed by atoms with Crippen LogP contribution in [0.15, 0.2) is 30.3 Å². The van der Waals surface area contributed by atoms with E-state index < -0.39 is 0 Å². The van der Waals surface area contributed by atoms with E-state index in [-0.39, 0.29) is 24.6 Å². The van der Waals surface area contributed by atoms with Crippen molar-refractivity contribution >= 4 is 5.91 Å². The molecule has 0 aliphatic carbocycles. The lowest BCUT2D eigenvalue weighted by atomic mass is 10.1. The van der Waals surface area contributed by atoms with Gasteiger partial charge < -0.3 is 16.2 Å². The zero-order valence-electron chi connectivity index (χ0n) is 10.8. The lowest BCUT2D eigenvalue weighted by Gasteiger charge is -2.16. The van der Waals surface area contributed by atoms with Crippen LogP contribution >= 0.6 is 0 Å². The molecule has 1 rings (SSSR count). The standard InChI is InChI=1S/C14H22N2O2/c1-11(15)6-5-9-14(18)16-13(10-17)12-7-3-2-4-8-12/h2-4,7-8,11,13,17H,5-6,9-10,15H2,1H3,(H,16,18). The largest absolute Gasteiger partial charge is 0.394 e. The summed E-state index contributed by atoms with van der Waals surface area (Å²) in [5.41, 5.74) is 6.54. The second-order valence-electron chi connectivity index (χ2n) is 4.58. The van der Waals surface area contributed by atoms with E-state index in [0.29, 0.717) is 6.42 Å². The van der Waals surface area contributed by atoms with E-state index in [1.807, 2.05) is 37.3 Å². The van der Waals surface area contributed by atoms with E-state index in [1.54, 1.807) is 0 Å². The highest BCUT2D eigenvalue weighted by Crippen LogP contribution is 2.12. The number of hydrogen-bond acceptors (Lipinski definition) is 3. The lowest BCUT2D eigenvalue weighted by Crippen LogP contribution is -2.30. The molecule has 0 radical (unpaired) electrons. The van der Waals surface area contributed by atoms with Crippen molar-refractivity contribution in [2.45, 2.75) is 38.3 Å². The van der Waals surface area contributed by atoms with Gasteiger partial charge in [0.25, 0.3) is 0 Å². The first-order valence-corrected chi connectivity index (χ1v) is 6.34. The molecule has 1 aromatic carbocycles. The van der Waals surface area contributed by atoms with Gasteiger partial charge >= 0.3 is 0 Å². The topological polar surface area (TPSA) is 75.4 Å². The average molecular weight is 250 g/mol. The predicted octanol–water partition coefficient (Wildman–Crippen LogP) is 1.35. The maximum Gasteiger partial charge on any atom is 0.220 e. The summed E-state index contributed by atoms with van der Waals surface area (Å²) in [6.07, 6.45) is 2.06. The van der Waals surface area contributed by atoms with E-state index in [1.165, 1.54) is 0 Å².